The van der Waals surface area contributed by atoms with Gasteiger partial charge in [-0.2, -0.15) is 0 Å². The van der Waals surface area contributed by atoms with Crippen LogP contribution in [-0.4, -0.2) is 11.9 Å². The average Bonchev–Trinajstić information content (AvgIpc) is 2.75. The molecule has 2 unspecified atom stereocenters. The van der Waals surface area contributed by atoms with E-state index >= 15 is 0 Å². The summed E-state index contributed by atoms with van der Waals surface area (Å²) in [5.74, 6) is 0.792. The third kappa shape index (κ3) is 3.25. The predicted octanol–water partition coefficient (Wildman–Crippen LogP) is 3.64. The van der Waals surface area contributed by atoms with E-state index in [1.807, 2.05) is 25.1 Å². The smallest absolute Gasteiger partial charge is 0.224 e. The van der Waals surface area contributed by atoms with Gasteiger partial charge in [-0.3, -0.25) is 4.79 Å². The molecule has 3 nitrogen and oxygen atoms in total. The van der Waals surface area contributed by atoms with Crippen LogP contribution in [0.2, 0.25) is 0 Å². The van der Waals surface area contributed by atoms with Crippen LogP contribution >= 0.6 is 0 Å². The molecule has 0 radical (unpaired) electrons. The lowest BCUT2D eigenvalue weighted by Gasteiger charge is -2.19. The molecule has 0 spiro atoms. The molecule has 1 saturated carbocycles. The SMILES string of the molecule is CCC(=O)Nc1cccc(NC2CCCC2C)c1. The molecule has 98 valence electrons. The molecule has 0 aromatic heterocycles. The van der Waals surface area contributed by atoms with Crippen molar-refractivity contribution in [1.82, 2.24) is 0 Å². The zero-order valence-corrected chi connectivity index (χ0v) is 11.2. The second kappa shape index (κ2) is 5.89. The van der Waals surface area contributed by atoms with Crippen molar-refractivity contribution in [2.45, 2.75) is 45.6 Å². The van der Waals surface area contributed by atoms with E-state index in [-0.39, 0.29) is 5.91 Å². The molecule has 1 aromatic carbocycles. The van der Waals surface area contributed by atoms with Gasteiger partial charge in [0, 0.05) is 23.8 Å². The topological polar surface area (TPSA) is 41.1 Å². The van der Waals surface area contributed by atoms with Crippen LogP contribution in [0.4, 0.5) is 11.4 Å². The van der Waals surface area contributed by atoms with E-state index in [1.165, 1.54) is 19.3 Å². The highest BCUT2D eigenvalue weighted by Crippen LogP contribution is 2.28. The summed E-state index contributed by atoms with van der Waals surface area (Å²) in [5.41, 5.74) is 1.97. The Bertz CT molecular complexity index is 417. The Hall–Kier alpha value is -1.51. The number of carbonyl (C=O) groups is 1. The summed E-state index contributed by atoms with van der Waals surface area (Å²) in [6, 6.07) is 8.55. The molecule has 1 aliphatic carbocycles. The van der Waals surface area contributed by atoms with Crippen molar-refractivity contribution < 1.29 is 4.79 Å². The van der Waals surface area contributed by atoms with E-state index in [9.17, 15) is 4.79 Å². The van der Waals surface area contributed by atoms with Gasteiger partial charge in [0.1, 0.15) is 0 Å². The maximum absolute atomic E-state index is 11.4. The minimum absolute atomic E-state index is 0.0568. The van der Waals surface area contributed by atoms with Gasteiger partial charge in [-0.05, 0) is 37.0 Å². The number of hydrogen-bond donors (Lipinski definition) is 2. The first-order valence-electron chi connectivity index (χ1n) is 6.85. The molecule has 3 heteroatoms. The van der Waals surface area contributed by atoms with Gasteiger partial charge in [0.15, 0.2) is 0 Å². The summed E-state index contributed by atoms with van der Waals surface area (Å²) in [6.45, 7) is 4.16. The van der Waals surface area contributed by atoms with Crippen molar-refractivity contribution in [2.24, 2.45) is 5.92 Å². The van der Waals surface area contributed by atoms with Crippen molar-refractivity contribution in [3.63, 3.8) is 0 Å². The van der Waals surface area contributed by atoms with Crippen molar-refractivity contribution in [2.75, 3.05) is 10.6 Å². The van der Waals surface area contributed by atoms with E-state index in [4.69, 9.17) is 0 Å². The van der Waals surface area contributed by atoms with Gasteiger partial charge in [-0.25, -0.2) is 0 Å². The number of rotatable bonds is 4. The molecule has 2 rings (SSSR count). The van der Waals surface area contributed by atoms with Gasteiger partial charge in [0.25, 0.3) is 0 Å². The maximum atomic E-state index is 11.4. The highest BCUT2D eigenvalue weighted by Gasteiger charge is 2.22. The second-order valence-corrected chi connectivity index (χ2v) is 5.14. The lowest BCUT2D eigenvalue weighted by molar-refractivity contribution is -0.115. The molecule has 2 atom stereocenters. The Morgan fingerprint density at radius 2 is 2.11 bits per heavy atom. The fourth-order valence-electron chi connectivity index (χ4n) is 2.51. The van der Waals surface area contributed by atoms with Crippen molar-refractivity contribution >= 4 is 17.3 Å². The van der Waals surface area contributed by atoms with Gasteiger partial charge in [-0.1, -0.05) is 26.3 Å². The molecule has 1 amide bonds. The molecule has 0 heterocycles. The summed E-state index contributed by atoms with van der Waals surface area (Å²) in [4.78, 5) is 11.4. The van der Waals surface area contributed by atoms with Gasteiger partial charge in [-0.15, -0.1) is 0 Å². The predicted molar refractivity (Wildman–Crippen MR) is 75.8 cm³/mol. The quantitative estimate of drug-likeness (QED) is 0.851. The summed E-state index contributed by atoms with van der Waals surface area (Å²) in [5, 5.41) is 6.46. The third-order valence-corrected chi connectivity index (χ3v) is 3.68. The molecule has 0 saturated heterocycles. The van der Waals surface area contributed by atoms with Crippen LogP contribution in [0.25, 0.3) is 0 Å². The third-order valence-electron chi connectivity index (χ3n) is 3.68. The second-order valence-electron chi connectivity index (χ2n) is 5.14. The molecule has 18 heavy (non-hydrogen) atoms. The number of nitrogens with one attached hydrogen (secondary N) is 2. The average molecular weight is 246 g/mol. The van der Waals surface area contributed by atoms with Crippen LogP contribution in [-0.2, 0) is 4.79 Å². The fraction of sp³-hybridized carbons (Fsp3) is 0.533. The van der Waals surface area contributed by atoms with E-state index in [2.05, 4.69) is 23.6 Å². The maximum Gasteiger partial charge on any atom is 0.224 e. The van der Waals surface area contributed by atoms with Crippen molar-refractivity contribution in [3.8, 4) is 0 Å². The van der Waals surface area contributed by atoms with Gasteiger partial charge >= 0.3 is 0 Å². The van der Waals surface area contributed by atoms with Crippen molar-refractivity contribution in [1.29, 1.82) is 0 Å². The van der Waals surface area contributed by atoms with E-state index in [0.29, 0.717) is 12.5 Å². The van der Waals surface area contributed by atoms with Crippen LogP contribution < -0.4 is 10.6 Å². The van der Waals surface area contributed by atoms with Crippen LogP contribution in [0, 0.1) is 5.92 Å². The summed E-state index contributed by atoms with van der Waals surface area (Å²) in [6.07, 6.45) is 4.37. The molecule has 2 N–H and O–H groups in total. The fourth-order valence-corrected chi connectivity index (χ4v) is 2.51. The Balaban J connectivity index is 2.00. The number of hydrogen-bond acceptors (Lipinski definition) is 2. The Kier molecular flexibility index (Phi) is 4.24. The van der Waals surface area contributed by atoms with E-state index < -0.39 is 0 Å². The molecule has 0 aliphatic heterocycles. The highest BCUT2D eigenvalue weighted by molar-refractivity contribution is 5.90. The van der Waals surface area contributed by atoms with E-state index in [0.717, 1.165) is 17.3 Å². The summed E-state index contributed by atoms with van der Waals surface area (Å²) < 4.78 is 0. The number of anilines is 2. The van der Waals surface area contributed by atoms with Gasteiger partial charge in [0.05, 0.1) is 0 Å². The van der Waals surface area contributed by atoms with Crippen LogP contribution in [0.15, 0.2) is 24.3 Å². The number of carbonyl (C=O) groups excluding carboxylic acids is 1. The lowest BCUT2D eigenvalue weighted by atomic mass is 10.1. The standard InChI is InChI=1S/C15H22N2O/c1-3-15(18)17-13-8-5-7-12(10-13)16-14-9-4-6-11(14)2/h5,7-8,10-11,14,16H,3-4,6,9H2,1-2H3,(H,17,18). The molecular formula is C15H22N2O. The molecule has 1 aromatic rings. The molecule has 1 aliphatic rings. The first kappa shape index (κ1) is 12.9. The molecule has 0 bridgehead atoms. The zero-order valence-electron chi connectivity index (χ0n) is 11.2. The largest absolute Gasteiger partial charge is 0.382 e. The minimum atomic E-state index is 0.0568. The Morgan fingerprint density at radius 1 is 1.33 bits per heavy atom. The summed E-state index contributed by atoms with van der Waals surface area (Å²) >= 11 is 0. The Labute approximate surface area is 109 Å². The van der Waals surface area contributed by atoms with E-state index in [1.54, 1.807) is 0 Å². The summed E-state index contributed by atoms with van der Waals surface area (Å²) in [7, 11) is 0. The monoisotopic (exact) mass is 246 g/mol. The first-order valence-corrected chi connectivity index (χ1v) is 6.85. The number of benzene rings is 1. The zero-order chi connectivity index (χ0) is 13.0. The normalized spacial score (nSPS) is 22.8. The molecular weight excluding hydrogens is 224 g/mol. The van der Waals surface area contributed by atoms with Gasteiger partial charge < -0.3 is 10.6 Å². The molecule has 1 fully saturated rings. The van der Waals surface area contributed by atoms with Crippen molar-refractivity contribution in [3.05, 3.63) is 24.3 Å². The van der Waals surface area contributed by atoms with Crippen LogP contribution in [0.3, 0.4) is 0 Å². The Morgan fingerprint density at radius 3 is 2.78 bits per heavy atom. The van der Waals surface area contributed by atoms with Gasteiger partial charge in [0.2, 0.25) is 5.91 Å². The number of amides is 1. The minimum Gasteiger partial charge on any atom is -0.382 e. The highest BCUT2D eigenvalue weighted by atomic mass is 16.1. The van der Waals surface area contributed by atoms with Crippen LogP contribution in [0.5, 0.6) is 0 Å². The van der Waals surface area contributed by atoms with Crippen LogP contribution in [0.1, 0.15) is 39.5 Å². The first-order chi connectivity index (χ1) is 8.69. The lowest BCUT2D eigenvalue weighted by Crippen LogP contribution is -2.21.